The van der Waals surface area contributed by atoms with Gasteiger partial charge >= 0.3 is 6.09 Å². The van der Waals surface area contributed by atoms with Crippen LogP contribution in [-0.2, 0) is 9.53 Å². The Morgan fingerprint density at radius 2 is 1.81 bits per heavy atom. The van der Waals surface area contributed by atoms with Crippen LogP contribution in [-0.4, -0.2) is 76.1 Å². The third-order valence-corrected chi connectivity index (χ3v) is 5.95. The average molecular weight is 490 g/mol. The maximum absolute atomic E-state index is 12.6. The molecular formula is C26H31N7O3. The number of aromatic nitrogens is 3. The van der Waals surface area contributed by atoms with Crippen LogP contribution in [0, 0.1) is 6.92 Å². The van der Waals surface area contributed by atoms with E-state index in [9.17, 15) is 9.59 Å². The number of carbonyl (C=O) groups is 2. The van der Waals surface area contributed by atoms with Gasteiger partial charge in [-0.2, -0.15) is 0 Å². The number of rotatable bonds is 8. The summed E-state index contributed by atoms with van der Waals surface area (Å²) in [7, 11) is 0. The Balaban J connectivity index is 1.30. The second-order valence-corrected chi connectivity index (χ2v) is 8.48. The maximum atomic E-state index is 12.6. The van der Waals surface area contributed by atoms with E-state index < -0.39 is 0 Å². The van der Waals surface area contributed by atoms with E-state index >= 15 is 0 Å². The van der Waals surface area contributed by atoms with E-state index in [0.29, 0.717) is 44.3 Å². The number of nitrogens with one attached hydrogen (secondary N) is 2. The number of carbonyl (C=O) groups excluding carboxylic acids is 2. The molecule has 0 unspecified atom stereocenters. The number of pyridine rings is 1. The van der Waals surface area contributed by atoms with E-state index in [2.05, 4.69) is 30.5 Å². The summed E-state index contributed by atoms with van der Waals surface area (Å²) in [6, 6.07) is 11.3. The molecule has 188 valence electrons. The van der Waals surface area contributed by atoms with Crippen LogP contribution in [0.1, 0.15) is 18.9 Å². The van der Waals surface area contributed by atoms with Crippen LogP contribution in [0.15, 0.2) is 55.0 Å². The van der Waals surface area contributed by atoms with E-state index in [4.69, 9.17) is 4.74 Å². The van der Waals surface area contributed by atoms with Crippen molar-refractivity contribution in [3.05, 3.63) is 60.6 Å². The predicted octanol–water partition coefficient (Wildman–Crippen LogP) is 3.69. The summed E-state index contributed by atoms with van der Waals surface area (Å²) < 4.78 is 5.05. The van der Waals surface area contributed by atoms with Crippen molar-refractivity contribution in [2.45, 2.75) is 20.3 Å². The Bertz CT molecular complexity index is 1180. The van der Waals surface area contributed by atoms with Crippen molar-refractivity contribution in [2.24, 2.45) is 0 Å². The molecule has 10 nitrogen and oxygen atoms in total. The molecular weight excluding hydrogens is 458 g/mol. The minimum Gasteiger partial charge on any atom is -0.450 e. The van der Waals surface area contributed by atoms with Crippen molar-refractivity contribution in [3.63, 3.8) is 0 Å². The lowest BCUT2D eigenvalue weighted by atomic mass is 10.1. The zero-order valence-electron chi connectivity index (χ0n) is 20.6. The Hall–Kier alpha value is -4.05. The summed E-state index contributed by atoms with van der Waals surface area (Å²) in [5.41, 5.74) is 4.27. The lowest BCUT2D eigenvalue weighted by molar-refractivity contribution is -0.116. The summed E-state index contributed by atoms with van der Waals surface area (Å²) in [5.74, 6) is 0.409. The Morgan fingerprint density at radius 3 is 2.56 bits per heavy atom. The van der Waals surface area contributed by atoms with Crippen LogP contribution in [0.4, 0.5) is 22.1 Å². The molecule has 1 fully saturated rings. The number of aryl methyl sites for hydroxylation is 1. The van der Waals surface area contributed by atoms with Crippen molar-refractivity contribution in [2.75, 3.05) is 50.0 Å². The first kappa shape index (κ1) is 25.1. The van der Waals surface area contributed by atoms with Gasteiger partial charge in [0.1, 0.15) is 0 Å². The first-order valence-electron chi connectivity index (χ1n) is 12.1. The van der Waals surface area contributed by atoms with Gasteiger partial charge in [0.2, 0.25) is 11.9 Å². The number of amides is 2. The van der Waals surface area contributed by atoms with Crippen LogP contribution < -0.4 is 10.6 Å². The van der Waals surface area contributed by atoms with Gasteiger partial charge in [-0.1, -0.05) is 6.07 Å². The largest absolute Gasteiger partial charge is 0.450 e. The molecule has 0 saturated carbocycles. The first-order valence-corrected chi connectivity index (χ1v) is 12.1. The molecule has 1 aromatic carbocycles. The fourth-order valence-electron chi connectivity index (χ4n) is 3.91. The predicted molar refractivity (Wildman–Crippen MR) is 138 cm³/mol. The number of benzene rings is 1. The minimum absolute atomic E-state index is 0.0615. The fraction of sp³-hybridized carbons (Fsp3) is 0.346. The highest BCUT2D eigenvalue weighted by molar-refractivity contribution is 5.91. The molecule has 0 aliphatic carbocycles. The zero-order chi connectivity index (χ0) is 25.3. The van der Waals surface area contributed by atoms with Crippen LogP contribution in [0.25, 0.3) is 11.3 Å². The quantitative estimate of drug-likeness (QED) is 0.493. The average Bonchev–Trinajstić information content (AvgIpc) is 2.90. The summed E-state index contributed by atoms with van der Waals surface area (Å²) in [6.07, 6.45) is 5.26. The van der Waals surface area contributed by atoms with Gasteiger partial charge in [0.15, 0.2) is 0 Å². The molecule has 0 spiro atoms. The lowest BCUT2D eigenvalue weighted by Gasteiger charge is -2.33. The third kappa shape index (κ3) is 6.76. The molecule has 1 aliphatic rings. The Morgan fingerprint density at radius 1 is 1.03 bits per heavy atom. The van der Waals surface area contributed by atoms with Gasteiger partial charge in [0.25, 0.3) is 0 Å². The Kier molecular flexibility index (Phi) is 8.40. The number of ether oxygens (including phenoxy) is 1. The van der Waals surface area contributed by atoms with Crippen molar-refractivity contribution in [1.29, 1.82) is 0 Å². The highest BCUT2D eigenvalue weighted by Gasteiger charge is 2.22. The smallest absolute Gasteiger partial charge is 0.409 e. The zero-order valence-corrected chi connectivity index (χ0v) is 20.6. The number of hydrogen-bond acceptors (Lipinski definition) is 8. The van der Waals surface area contributed by atoms with Crippen LogP contribution in [0.3, 0.4) is 0 Å². The standard InChI is InChI=1S/C26H31N7O3/c1-3-36-26(35)33-16-14-32(15-17-33)13-9-24(34)29-21-5-4-19(2)23(18-21)31-25-28-12-8-22(30-25)20-6-10-27-11-7-20/h4-8,10-12,18H,3,9,13-17H2,1-2H3,(H,29,34)(H,28,30,31). The number of nitrogens with zero attached hydrogens (tertiary/aromatic N) is 5. The molecule has 0 atom stereocenters. The summed E-state index contributed by atoms with van der Waals surface area (Å²) >= 11 is 0. The molecule has 2 N–H and O–H groups in total. The maximum Gasteiger partial charge on any atom is 0.409 e. The second kappa shape index (κ2) is 12.1. The molecule has 3 heterocycles. The van der Waals surface area contributed by atoms with Crippen LogP contribution >= 0.6 is 0 Å². The molecule has 4 rings (SSSR count). The highest BCUT2D eigenvalue weighted by Crippen LogP contribution is 2.24. The number of piperazine rings is 1. The van der Waals surface area contributed by atoms with E-state index in [0.717, 1.165) is 35.6 Å². The Labute approximate surface area is 210 Å². The topological polar surface area (TPSA) is 113 Å². The molecule has 2 aromatic heterocycles. The SMILES string of the molecule is CCOC(=O)N1CCN(CCC(=O)Nc2ccc(C)c(Nc3nccc(-c4ccncc4)n3)c2)CC1. The fourth-order valence-corrected chi connectivity index (χ4v) is 3.91. The van der Waals surface area contributed by atoms with E-state index in [-0.39, 0.29) is 12.0 Å². The van der Waals surface area contributed by atoms with Gasteiger partial charge in [0, 0.05) is 74.7 Å². The van der Waals surface area contributed by atoms with Crippen LogP contribution in [0.2, 0.25) is 0 Å². The molecule has 1 aliphatic heterocycles. The summed E-state index contributed by atoms with van der Waals surface area (Å²) in [6.45, 7) is 7.46. The van der Waals surface area contributed by atoms with Gasteiger partial charge in [0.05, 0.1) is 12.3 Å². The monoisotopic (exact) mass is 489 g/mol. The highest BCUT2D eigenvalue weighted by atomic mass is 16.6. The molecule has 1 saturated heterocycles. The summed E-state index contributed by atoms with van der Waals surface area (Å²) in [4.78, 5) is 41.3. The van der Waals surface area contributed by atoms with Crippen molar-refractivity contribution >= 4 is 29.3 Å². The van der Waals surface area contributed by atoms with E-state index in [1.165, 1.54) is 0 Å². The molecule has 36 heavy (non-hydrogen) atoms. The van der Waals surface area contributed by atoms with Gasteiger partial charge in [-0.15, -0.1) is 0 Å². The molecule has 10 heteroatoms. The van der Waals surface area contributed by atoms with Gasteiger partial charge < -0.3 is 20.3 Å². The van der Waals surface area contributed by atoms with Crippen molar-refractivity contribution < 1.29 is 14.3 Å². The van der Waals surface area contributed by atoms with Gasteiger partial charge in [-0.3, -0.25) is 14.7 Å². The van der Waals surface area contributed by atoms with Crippen LogP contribution in [0.5, 0.6) is 0 Å². The minimum atomic E-state index is -0.270. The molecule has 3 aromatic rings. The van der Waals surface area contributed by atoms with Crippen molar-refractivity contribution in [3.8, 4) is 11.3 Å². The second-order valence-electron chi connectivity index (χ2n) is 8.48. The normalized spacial score (nSPS) is 13.8. The summed E-state index contributed by atoms with van der Waals surface area (Å²) in [5, 5.41) is 6.24. The van der Waals surface area contributed by atoms with Gasteiger partial charge in [-0.05, 0) is 49.7 Å². The number of hydrogen-bond donors (Lipinski definition) is 2. The van der Waals surface area contributed by atoms with Crippen molar-refractivity contribution in [1.82, 2.24) is 24.8 Å². The molecule has 0 radical (unpaired) electrons. The van der Waals surface area contributed by atoms with E-state index in [1.54, 1.807) is 30.4 Å². The number of anilines is 3. The molecule has 2 amide bonds. The third-order valence-electron chi connectivity index (χ3n) is 5.95. The van der Waals surface area contributed by atoms with E-state index in [1.807, 2.05) is 43.3 Å². The molecule has 0 bridgehead atoms. The lowest BCUT2D eigenvalue weighted by Crippen LogP contribution is -2.49. The van der Waals surface area contributed by atoms with Gasteiger partial charge in [-0.25, -0.2) is 14.8 Å². The first-order chi connectivity index (χ1) is 17.5.